The van der Waals surface area contributed by atoms with Gasteiger partial charge in [-0.25, -0.2) is 0 Å². The van der Waals surface area contributed by atoms with Crippen molar-refractivity contribution in [2.24, 2.45) is 5.41 Å². The zero-order chi connectivity index (χ0) is 16.3. The Kier molecular flexibility index (Phi) is 5.58. The van der Waals surface area contributed by atoms with Gasteiger partial charge in [-0.1, -0.05) is 5.16 Å². The Balaban J connectivity index is 1.51. The van der Waals surface area contributed by atoms with Crippen LogP contribution in [0.4, 0.5) is 0 Å². The normalized spacial score (nSPS) is 27.3. The van der Waals surface area contributed by atoms with Crippen LogP contribution in [0.15, 0.2) is 4.52 Å². The molecule has 8 heteroatoms. The standard InChI is InChI=1S/C15H25N3O4S/c1-23-10-13-16-14(22-17-13)9-18-4-2-15(3-5-18)11(20)8-12(15)21-7-6-19/h11-12,19-20H,2-10H2,1H3/t11-,12+/m1/s1. The monoisotopic (exact) mass is 343 g/mol. The number of piperidine rings is 1. The number of hydrogen-bond acceptors (Lipinski definition) is 8. The maximum atomic E-state index is 10.2. The number of nitrogens with zero attached hydrogens (tertiary/aromatic N) is 3. The maximum Gasteiger partial charge on any atom is 0.240 e. The Morgan fingerprint density at radius 2 is 2.22 bits per heavy atom. The lowest BCUT2D eigenvalue weighted by Gasteiger charge is -2.56. The molecule has 1 aliphatic carbocycles. The van der Waals surface area contributed by atoms with Crippen molar-refractivity contribution in [1.82, 2.24) is 15.0 Å². The van der Waals surface area contributed by atoms with Crippen LogP contribution in [-0.2, 0) is 17.0 Å². The van der Waals surface area contributed by atoms with Crippen molar-refractivity contribution < 1.29 is 19.5 Å². The third-order valence-electron chi connectivity index (χ3n) is 5.08. The average molecular weight is 343 g/mol. The minimum atomic E-state index is -0.287. The van der Waals surface area contributed by atoms with Gasteiger partial charge in [0.15, 0.2) is 5.82 Å². The summed E-state index contributed by atoms with van der Waals surface area (Å²) in [5.74, 6) is 2.17. The van der Waals surface area contributed by atoms with E-state index in [4.69, 9.17) is 14.4 Å². The van der Waals surface area contributed by atoms with Gasteiger partial charge in [0.05, 0.1) is 37.7 Å². The van der Waals surface area contributed by atoms with E-state index in [1.54, 1.807) is 11.8 Å². The molecular weight excluding hydrogens is 318 g/mol. The Morgan fingerprint density at radius 3 is 2.87 bits per heavy atom. The summed E-state index contributed by atoms with van der Waals surface area (Å²) in [7, 11) is 0. The molecule has 1 saturated heterocycles. The Morgan fingerprint density at radius 1 is 1.43 bits per heavy atom. The van der Waals surface area contributed by atoms with Crippen LogP contribution < -0.4 is 0 Å². The van der Waals surface area contributed by atoms with Crippen molar-refractivity contribution in [3.8, 4) is 0 Å². The van der Waals surface area contributed by atoms with Gasteiger partial charge in [0.25, 0.3) is 0 Å². The van der Waals surface area contributed by atoms with Crippen LogP contribution in [0.25, 0.3) is 0 Å². The van der Waals surface area contributed by atoms with Gasteiger partial charge < -0.3 is 19.5 Å². The molecule has 0 unspecified atom stereocenters. The lowest BCUT2D eigenvalue weighted by molar-refractivity contribution is -0.213. The lowest BCUT2D eigenvalue weighted by atomic mass is 9.58. The second-order valence-corrected chi connectivity index (χ2v) is 7.25. The molecule has 130 valence electrons. The molecule has 1 aromatic rings. The molecule has 2 heterocycles. The van der Waals surface area contributed by atoms with Crippen molar-refractivity contribution in [2.75, 3.05) is 32.6 Å². The van der Waals surface area contributed by atoms with E-state index in [1.165, 1.54) is 0 Å². The second-order valence-electron chi connectivity index (χ2n) is 6.38. The van der Waals surface area contributed by atoms with Crippen LogP contribution in [0, 0.1) is 5.41 Å². The molecule has 0 aromatic carbocycles. The fraction of sp³-hybridized carbons (Fsp3) is 0.867. The Hall–Kier alpha value is -0.670. The molecule has 1 aliphatic heterocycles. The summed E-state index contributed by atoms with van der Waals surface area (Å²) in [6.45, 7) is 2.82. The summed E-state index contributed by atoms with van der Waals surface area (Å²) in [5.41, 5.74) is -0.134. The molecule has 1 spiro atoms. The van der Waals surface area contributed by atoms with E-state index >= 15 is 0 Å². The smallest absolute Gasteiger partial charge is 0.240 e. The van der Waals surface area contributed by atoms with E-state index in [0.29, 0.717) is 25.5 Å². The number of aliphatic hydroxyl groups is 2. The van der Waals surface area contributed by atoms with Gasteiger partial charge in [-0.2, -0.15) is 16.7 Å². The van der Waals surface area contributed by atoms with E-state index in [2.05, 4.69) is 15.0 Å². The van der Waals surface area contributed by atoms with Gasteiger partial charge in [-0.15, -0.1) is 0 Å². The van der Waals surface area contributed by atoms with Crippen molar-refractivity contribution in [3.05, 3.63) is 11.7 Å². The summed E-state index contributed by atoms with van der Waals surface area (Å²) in [5, 5.41) is 23.1. The highest BCUT2D eigenvalue weighted by atomic mass is 32.2. The quantitative estimate of drug-likeness (QED) is 0.746. The zero-order valence-electron chi connectivity index (χ0n) is 13.5. The van der Waals surface area contributed by atoms with E-state index in [9.17, 15) is 5.11 Å². The molecule has 0 bridgehead atoms. The molecule has 3 rings (SSSR count). The highest BCUT2D eigenvalue weighted by molar-refractivity contribution is 7.97. The topological polar surface area (TPSA) is 91.9 Å². The molecular formula is C15H25N3O4S. The van der Waals surface area contributed by atoms with Crippen LogP contribution in [-0.4, -0.2) is 70.0 Å². The number of rotatable bonds is 7. The fourth-order valence-corrected chi connectivity index (χ4v) is 4.05. The summed E-state index contributed by atoms with van der Waals surface area (Å²) in [6, 6.07) is 0. The van der Waals surface area contributed by atoms with Crippen molar-refractivity contribution >= 4 is 11.8 Å². The minimum Gasteiger partial charge on any atom is -0.394 e. The number of ether oxygens (including phenoxy) is 1. The van der Waals surface area contributed by atoms with Crippen LogP contribution in [0.1, 0.15) is 31.0 Å². The van der Waals surface area contributed by atoms with Crippen molar-refractivity contribution in [3.63, 3.8) is 0 Å². The molecule has 0 radical (unpaired) electrons. The van der Waals surface area contributed by atoms with Crippen LogP contribution in [0.5, 0.6) is 0 Å². The van der Waals surface area contributed by atoms with Gasteiger partial charge in [0, 0.05) is 11.8 Å². The van der Waals surface area contributed by atoms with E-state index in [0.717, 1.165) is 37.5 Å². The Labute approximate surface area is 140 Å². The van der Waals surface area contributed by atoms with E-state index in [-0.39, 0.29) is 24.2 Å². The largest absolute Gasteiger partial charge is 0.394 e. The molecule has 2 N–H and O–H groups in total. The number of aliphatic hydroxyl groups excluding tert-OH is 2. The highest BCUT2D eigenvalue weighted by Gasteiger charge is 2.56. The molecule has 0 amide bonds. The summed E-state index contributed by atoms with van der Waals surface area (Å²) in [6.07, 6.45) is 4.28. The first-order valence-electron chi connectivity index (χ1n) is 8.11. The van der Waals surface area contributed by atoms with Gasteiger partial charge in [0.2, 0.25) is 5.89 Å². The Bertz CT molecular complexity index is 505. The number of hydrogen-bond donors (Lipinski definition) is 2. The van der Waals surface area contributed by atoms with Crippen molar-refractivity contribution in [2.45, 2.75) is 43.8 Å². The molecule has 1 aromatic heterocycles. The predicted molar refractivity (Wildman–Crippen MR) is 85.9 cm³/mol. The predicted octanol–water partition coefficient (Wildman–Crippen LogP) is 0.657. The first-order valence-corrected chi connectivity index (χ1v) is 9.50. The summed E-state index contributed by atoms with van der Waals surface area (Å²) >= 11 is 1.67. The molecule has 23 heavy (non-hydrogen) atoms. The molecule has 1 saturated carbocycles. The summed E-state index contributed by atoms with van der Waals surface area (Å²) < 4.78 is 11.0. The van der Waals surface area contributed by atoms with Gasteiger partial charge >= 0.3 is 0 Å². The SMILES string of the molecule is CSCc1noc(CN2CCC3(CC2)[C@H](O)C[C@@H]3OCCO)n1. The lowest BCUT2D eigenvalue weighted by Crippen LogP contribution is -2.62. The van der Waals surface area contributed by atoms with E-state index < -0.39 is 0 Å². The fourth-order valence-electron chi connectivity index (χ4n) is 3.67. The first kappa shape index (κ1) is 17.2. The molecule has 2 fully saturated rings. The van der Waals surface area contributed by atoms with Gasteiger partial charge in [-0.05, 0) is 32.2 Å². The van der Waals surface area contributed by atoms with Gasteiger partial charge in [-0.3, -0.25) is 4.90 Å². The molecule has 2 atom stereocenters. The van der Waals surface area contributed by atoms with Gasteiger partial charge in [0.1, 0.15) is 0 Å². The third-order valence-corrected chi connectivity index (χ3v) is 5.63. The number of likely N-dealkylation sites (tertiary alicyclic amines) is 1. The first-order chi connectivity index (χ1) is 11.2. The van der Waals surface area contributed by atoms with Crippen LogP contribution in [0.3, 0.4) is 0 Å². The molecule has 2 aliphatic rings. The molecule has 7 nitrogen and oxygen atoms in total. The van der Waals surface area contributed by atoms with E-state index in [1.807, 2.05) is 6.26 Å². The number of aromatic nitrogens is 2. The van der Waals surface area contributed by atoms with Crippen LogP contribution >= 0.6 is 11.8 Å². The summed E-state index contributed by atoms with van der Waals surface area (Å²) in [4.78, 5) is 6.68. The number of thioether (sulfide) groups is 1. The highest BCUT2D eigenvalue weighted by Crippen LogP contribution is 2.51. The third kappa shape index (κ3) is 3.56. The van der Waals surface area contributed by atoms with Crippen LogP contribution in [0.2, 0.25) is 0 Å². The second kappa shape index (κ2) is 7.48. The average Bonchev–Trinajstić information content (AvgIpc) is 2.99. The minimum absolute atomic E-state index is 0.0321. The van der Waals surface area contributed by atoms with Crippen molar-refractivity contribution in [1.29, 1.82) is 0 Å². The maximum absolute atomic E-state index is 10.2. The zero-order valence-corrected chi connectivity index (χ0v) is 14.3.